The van der Waals surface area contributed by atoms with Gasteiger partial charge in [0, 0.05) is 42.3 Å². The average molecular weight is 1120 g/mol. The molecule has 0 radical (unpaired) electrons. The van der Waals surface area contributed by atoms with Gasteiger partial charge < -0.3 is 10.2 Å². The van der Waals surface area contributed by atoms with Crippen molar-refractivity contribution in [3.63, 3.8) is 0 Å². The molecular formula is C30H20Br4Cl4N4O14. The number of benzene rings is 4. The van der Waals surface area contributed by atoms with Crippen molar-refractivity contribution >= 4 is 145 Å². The van der Waals surface area contributed by atoms with E-state index in [4.69, 9.17) is 75.8 Å². The largest absolute Gasteiger partial charge is 0.392 e. The number of rotatable bonds is 6. The number of aliphatic hydroxyl groups excluding tert-OH is 2. The molecule has 0 bridgehead atoms. The monoisotopic (exact) mass is 1120 g/mol. The zero-order chi connectivity index (χ0) is 44.0. The molecule has 0 aliphatic heterocycles. The lowest BCUT2D eigenvalue weighted by atomic mass is 10.2. The second-order valence-electron chi connectivity index (χ2n) is 9.32. The standard InChI is InChI=1S/2C7H5BrClNO3.2C7H5BrClNO2.2CO2/c8-7-4(3-11)1-5(9)2-6(7)10(12)13;8-5-1-2-6(9)7(10(12)13)4(5)3-11;1-4-2-5(9)3-6(7(4)8)10(11)12;1-4-5(8)2-3-6(9)7(4)10(11)12;2*2-1-3/h2*1-2,11H,3H2;2*2-3H,1H3;;. The highest BCUT2D eigenvalue weighted by atomic mass is 79.9. The average Bonchev–Trinajstić information content (AvgIpc) is 3.11. The SMILES string of the molecule is Cc1c(Br)ccc(Cl)c1[N+](=O)[O-].Cc1cc(Cl)cc([N+](=O)[O-])c1Br.O=C=O.O=C=O.O=[N+]([O-])c1c(Cl)ccc(Br)c1CO.O=[N+]([O-])c1cc(Cl)cc(CO)c1Br. The molecule has 0 aliphatic rings. The fourth-order valence-electron chi connectivity index (χ4n) is 3.52. The lowest BCUT2D eigenvalue weighted by molar-refractivity contribution is -0.385. The normalized spacial score (nSPS) is 9.21. The van der Waals surface area contributed by atoms with Gasteiger partial charge in [0.1, 0.15) is 14.5 Å². The van der Waals surface area contributed by atoms with E-state index in [9.17, 15) is 40.5 Å². The molecular weight excluding hydrogens is 1100 g/mol. The highest BCUT2D eigenvalue weighted by Gasteiger charge is 2.21. The van der Waals surface area contributed by atoms with Crippen LogP contribution in [0.5, 0.6) is 0 Å². The van der Waals surface area contributed by atoms with E-state index in [2.05, 4.69) is 63.7 Å². The molecule has 4 aromatic carbocycles. The first kappa shape index (κ1) is 54.3. The summed E-state index contributed by atoms with van der Waals surface area (Å²) in [7, 11) is 0. The summed E-state index contributed by atoms with van der Waals surface area (Å²) in [5.41, 5.74) is 1.47. The van der Waals surface area contributed by atoms with Gasteiger partial charge in [0.2, 0.25) is 0 Å². The Labute approximate surface area is 367 Å². The molecule has 0 fully saturated rings. The van der Waals surface area contributed by atoms with E-state index in [0.29, 0.717) is 29.6 Å². The van der Waals surface area contributed by atoms with Gasteiger partial charge in [-0.25, -0.2) is 0 Å². The maximum absolute atomic E-state index is 10.5. The number of aryl methyl sites for hydroxylation is 1. The van der Waals surface area contributed by atoms with Crippen molar-refractivity contribution in [2.45, 2.75) is 27.1 Å². The summed E-state index contributed by atoms with van der Waals surface area (Å²) in [6.07, 6.45) is 0.500. The van der Waals surface area contributed by atoms with Crippen LogP contribution < -0.4 is 0 Å². The Hall–Kier alpha value is -3.76. The van der Waals surface area contributed by atoms with E-state index in [0.717, 1.165) is 5.56 Å². The molecule has 300 valence electrons. The fraction of sp³-hybridized carbons (Fsp3) is 0.133. The lowest BCUT2D eigenvalue weighted by Crippen LogP contribution is -1.97. The number of carbonyl (C=O) groups excluding carboxylic acids is 4. The van der Waals surface area contributed by atoms with E-state index in [1.54, 1.807) is 32.0 Å². The summed E-state index contributed by atoms with van der Waals surface area (Å²) in [4.78, 5) is 72.3. The second kappa shape index (κ2) is 27.8. The minimum atomic E-state index is -0.612. The summed E-state index contributed by atoms with van der Waals surface area (Å²) < 4.78 is 1.92. The van der Waals surface area contributed by atoms with Crippen LogP contribution in [-0.4, -0.2) is 42.2 Å². The predicted octanol–water partition coefficient (Wildman–Crippen LogP) is 10.5. The maximum atomic E-state index is 10.5. The number of nitrogens with zero attached hydrogens (tertiary/aromatic N) is 4. The van der Waals surface area contributed by atoms with Crippen molar-refractivity contribution in [1.29, 1.82) is 0 Å². The van der Waals surface area contributed by atoms with Crippen molar-refractivity contribution in [2.75, 3.05) is 0 Å². The Morgan fingerprint density at radius 2 is 0.982 bits per heavy atom. The molecule has 4 aromatic rings. The molecule has 4 rings (SSSR count). The van der Waals surface area contributed by atoms with Crippen molar-refractivity contribution in [1.82, 2.24) is 0 Å². The molecule has 0 aliphatic carbocycles. The van der Waals surface area contributed by atoms with Crippen LogP contribution in [0.4, 0.5) is 22.7 Å². The molecule has 0 amide bonds. The molecule has 2 N–H and O–H groups in total. The smallest absolute Gasteiger partial charge is 0.373 e. The van der Waals surface area contributed by atoms with Gasteiger partial charge in [0.15, 0.2) is 0 Å². The Morgan fingerprint density at radius 3 is 1.34 bits per heavy atom. The van der Waals surface area contributed by atoms with Gasteiger partial charge in [-0.2, -0.15) is 19.2 Å². The number of hydrogen-bond donors (Lipinski definition) is 2. The fourth-order valence-corrected chi connectivity index (χ4v) is 6.18. The van der Waals surface area contributed by atoms with E-state index in [1.807, 2.05) is 0 Å². The van der Waals surface area contributed by atoms with Crippen LogP contribution in [0.15, 0.2) is 66.4 Å². The minimum Gasteiger partial charge on any atom is -0.392 e. The molecule has 0 saturated carbocycles. The van der Waals surface area contributed by atoms with Crippen LogP contribution >= 0.6 is 110 Å². The first-order chi connectivity index (χ1) is 26.0. The summed E-state index contributed by atoms with van der Waals surface area (Å²) >= 11 is 34.9. The van der Waals surface area contributed by atoms with Gasteiger partial charge in [-0.3, -0.25) is 40.5 Å². The maximum Gasteiger partial charge on any atom is 0.373 e. The van der Waals surface area contributed by atoms with Crippen LogP contribution in [-0.2, 0) is 32.4 Å². The first-order valence-electron chi connectivity index (χ1n) is 13.7. The van der Waals surface area contributed by atoms with Crippen LogP contribution in [0.25, 0.3) is 0 Å². The lowest BCUT2D eigenvalue weighted by Gasteiger charge is -2.03. The molecule has 56 heavy (non-hydrogen) atoms. The van der Waals surface area contributed by atoms with E-state index in [-0.39, 0.29) is 66.8 Å². The van der Waals surface area contributed by atoms with Gasteiger partial charge in [-0.05, 0) is 87.7 Å². The van der Waals surface area contributed by atoms with E-state index < -0.39 is 26.3 Å². The second-order valence-corrected chi connectivity index (χ2v) is 14.3. The zero-order valence-electron chi connectivity index (χ0n) is 27.6. The topological polar surface area (TPSA) is 281 Å². The Kier molecular flexibility index (Phi) is 27.0. The van der Waals surface area contributed by atoms with Gasteiger partial charge in [-0.1, -0.05) is 78.3 Å². The van der Waals surface area contributed by atoms with Crippen molar-refractivity contribution in [3.05, 3.63) is 149 Å². The minimum absolute atomic E-state index is 0.000000000000000222. The summed E-state index contributed by atoms with van der Waals surface area (Å²) in [6, 6.07) is 11.8. The van der Waals surface area contributed by atoms with Crippen molar-refractivity contribution in [2.24, 2.45) is 0 Å². The molecule has 0 atom stereocenters. The third kappa shape index (κ3) is 18.0. The molecule has 0 aromatic heterocycles. The van der Waals surface area contributed by atoms with Gasteiger partial charge in [-0.15, -0.1) is 0 Å². The summed E-state index contributed by atoms with van der Waals surface area (Å²) in [5.74, 6) is 0. The Morgan fingerprint density at radius 1 is 0.589 bits per heavy atom. The third-order valence-electron chi connectivity index (χ3n) is 5.87. The predicted molar refractivity (Wildman–Crippen MR) is 215 cm³/mol. The highest BCUT2D eigenvalue weighted by Crippen LogP contribution is 2.35. The van der Waals surface area contributed by atoms with Crippen LogP contribution in [0, 0.1) is 54.3 Å². The molecule has 26 heteroatoms. The molecule has 0 heterocycles. The number of nitro benzene ring substituents is 4. The number of aliphatic hydroxyl groups is 2. The zero-order valence-corrected chi connectivity index (χ0v) is 37.0. The van der Waals surface area contributed by atoms with Crippen molar-refractivity contribution in [3.8, 4) is 0 Å². The van der Waals surface area contributed by atoms with Crippen LogP contribution in [0.1, 0.15) is 22.3 Å². The van der Waals surface area contributed by atoms with Gasteiger partial charge >= 0.3 is 12.3 Å². The molecule has 0 spiro atoms. The molecule has 18 nitrogen and oxygen atoms in total. The van der Waals surface area contributed by atoms with E-state index >= 15 is 0 Å². The third-order valence-corrected chi connectivity index (χ3v) is 10.5. The summed E-state index contributed by atoms with van der Waals surface area (Å²) in [5, 5.41) is 60.5. The van der Waals surface area contributed by atoms with Crippen molar-refractivity contribution < 1.29 is 49.1 Å². The Balaban J connectivity index is 0. The van der Waals surface area contributed by atoms with Gasteiger partial charge in [0.25, 0.3) is 22.7 Å². The molecule has 0 unspecified atom stereocenters. The number of halogens is 8. The number of nitro groups is 4. The van der Waals surface area contributed by atoms with Crippen LogP contribution in [0.2, 0.25) is 20.1 Å². The molecule has 0 saturated heterocycles. The quantitative estimate of drug-likeness (QED) is 0.134. The van der Waals surface area contributed by atoms with Gasteiger partial charge in [0.05, 0.1) is 42.9 Å². The van der Waals surface area contributed by atoms with Crippen LogP contribution in [0.3, 0.4) is 0 Å². The Bertz CT molecular complexity index is 2130. The van der Waals surface area contributed by atoms with E-state index in [1.165, 1.54) is 30.3 Å². The first-order valence-corrected chi connectivity index (χ1v) is 18.3. The summed E-state index contributed by atoms with van der Waals surface area (Å²) in [6.45, 7) is 2.69. The number of hydrogen-bond acceptors (Lipinski definition) is 14. The highest BCUT2D eigenvalue weighted by molar-refractivity contribution is 9.11.